The molecule has 98 valence electrons. The normalized spacial score (nSPS) is 19.7. The number of thiazole rings is 1. The monoisotopic (exact) mass is 267 g/mol. The topological polar surface area (TPSA) is 62.3 Å². The Hall–Kier alpha value is -1.43. The first-order valence-electron chi connectivity index (χ1n) is 6.00. The van der Waals surface area contributed by atoms with E-state index in [4.69, 9.17) is 0 Å². The Balaban J connectivity index is 1.97. The van der Waals surface area contributed by atoms with Crippen molar-refractivity contribution in [3.8, 4) is 0 Å². The first-order chi connectivity index (χ1) is 8.47. The van der Waals surface area contributed by atoms with E-state index in [1.54, 1.807) is 4.90 Å². The summed E-state index contributed by atoms with van der Waals surface area (Å²) in [5, 5.41) is 5.26. The highest BCUT2D eigenvalue weighted by molar-refractivity contribution is 7.13. The SMILES string of the molecule is Cc1csc(NC(=O)[C@H]2CC(=O)N(C(C)C)C2)n1. The molecule has 1 N–H and O–H groups in total. The molecule has 0 bridgehead atoms. The average molecular weight is 267 g/mol. The quantitative estimate of drug-likeness (QED) is 0.905. The molecule has 1 aromatic heterocycles. The van der Waals surface area contributed by atoms with Crippen LogP contribution in [0.1, 0.15) is 26.0 Å². The molecule has 0 saturated carbocycles. The number of nitrogens with zero attached hydrogens (tertiary/aromatic N) is 2. The van der Waals surface area contributed by atoms with Crippen molar-refractivity contribution in [2.24, 2.45) is 5.92 Å². The zero-order valence-electron chi connectivity index (χ0n) is 10.8. The fraction of sp³-hybridized carbons (Fsp3) is 0.583. The van der Waals surface area contributed by atoms with Gasteiger partial charge >= 0.3 is 0 Å². The van der Waals surface area contributed by atoms with Gasteiger partial charge in [-0.15, -0.1) is 11.3 Å². The number of aryl methyl sites for hydroxylation is 1. The van der Waals surface area contributed by atoms with Gasteiger partial charge in [-0.2, -0.15) is 0 Å². The Labute approximate surface area is 110 Å². The molecule has 1 fully saturated rings. The maximum absolute atomic E-state index is 12.0. The van der Waals surface area contributed by atoms with Crippen LogP contribution in [0.15, 0.2) is 5.38 Å². The number of amides is 2. The van der Waals surface area contributed by atoms with Gasteiger partial charge in [-0.05, 0) is 20.8 Å². The zero-order valence-corrected chi connectivity index (χ0v) is 11.6. The van der Waals surface area contributed by atoms with Gasteiger partial charge in [-0.1, -0.05) is 0 Å². The molecular weight excluding hydrogens is 250 g/mol. The van der Waals surface area contributed by atoms with Crippen LogP contribution in [-0.4, -0.2) is 34.3 Å². The lowest BCUT2D eigenvalue weighted by Gasteiger charge is -2.20. The number of carbonyl (C=O) groups is 2. The third kappa shape index (κ3) is 2.69. The number of hydrogen-bond donors (Lipinski definition) is 1. The summed E-state index contributed by atoms with van der Waals surface area (Å²) in [4.78, 5) is 29.7. The summed E-state index contributed by atoms with van der Waals surface area (Å²) in [7, 11) is 0. The number of hydrogen-bond acceptors (Lipinski definition) is 4. The lowest BCUT2D eigenvalue weighted by molar-refractivity contribution is -0.129. The number of rotatable bonds is 3. The predicted molar refractivity (Wildman–Crippen MR) is 70.4 cm³/mol. The van der Waals surface area contributed by atoms with E-state index in [9.17, 15) is 9.59 Å². The molecule has 1 atom stereocenters. The van der Waals surface area contributed by atoms with Crippen LogP contribution in [0.3, 0.4) is 0 Å². The van der Waals surface area contributed by atoms with Crippen molar-refractivity contribution in [1.29, 1.82) is 0 Å². The van der Waals surface area contributed by atoms with E-state index in [0.29, 0.717) is 18.1 Å². The second-order valence-electron chi connectivity index (χ2n) is 4.82. The van der Waals surface area contributed by atoms with E-state index >= 15 is 0 Å². The Bertz CT molecular complexity index is 470. The third-order valence-electron chi connectivity index (χ3n) is 3.00. The second kappa shape index (κ2) is 5.06. The van der Waals surface area contributed by atoms with Crippen LogP contribution in [0.2, 0.25) is 0 Å². The third-order valence-corrected chi connectivity index (χ3v) is 3.88. The maximum Gasteiger partial charge on any atom is 0.231 e. The van der Waals surface area contributed by atoms with Crippen molar-refractivity contribution in [2.75, 3.05) is 11.9 Å². The van der Waals surface area contributed by atoms with Crippen LogP contribution < -0.4 is 5.32 Å². The van der Waals surface area contributed by atoms with Gasteiger partial charge in [0.2, 0.25) is 11.8 Å². The lowest BCUT2D eigenvalue weighted by Crippen LogP contribution is -2.33. The molecule has 1 aromatic rings. The number of anilines is 1. The highest BCUT2D eigenvalue weighted by atomic mass is 32.1. The molecule has 1 saturated heterocycles. The molecule has 0 aliphatic carbocycles. The minimum Gasteiger partial charge on any atom is -0.339 e. The molecule has 0 spiro atoms. The van der Waals surface area contributed by atoms with E-state index in [1.807, 2.05) is 26.2 Å². The summed E-state index contributed by atoms with van der Waals surface area (Å²) in [6.45, 7) is 6.31. The fourth-order valence-electron chi connectivity index (χ4n) is 2.03. The van der Waals surface area contributed by atoms with Gasteiger partial charge in [0.1, 0.15) is 0 Å². The van der Waals surface area contributed by atoms with Gasteiger partial charge < -0.3 is 10.2 Å². The predicted octanol–water partition coefficient (Wildman–Crippen LogP) is 1.65. The first-order valence-corrected chi connectivity index (χ1v) is 6.88. The summed E-state index contributed by atoms with van der Waals surface area (Å²) in [6, 6.07) is 0.150. The van der Waals surface area contributed by atoms with Gasteiger partial charge in [0.25, 0.3) is 0 Å². The molecule has 6 heteroatoms. The van der Waals surface area contributed by atoms with Crippen LogP contribution in [0, 0.1) is 12.8 Å². The summed E-state index contributed by atoms with van der Waals surface area (Å²) in [5.74, 6) is -0.314. The van der Waals surface area contributed by atoms with Crippen molar-refractivity contribution in [3.63, 3.8) is 0 Å². The number of nitrogens with one attached hydrogen (secondary N) is 1. The molecule has 0 aromatic carbocycles. The fourth-order valence-corrected chi connectivity index (χ4v) is 2.72. The molecule has 0 unspecified atom stereocenters. The first kappa shape index (κ1) is 13.0. The smallest absolute Gasteiger partial charge is 0.231 e. The molecule has 2 rings (SSSR count). The number of carbonyl (C=O) groups excluding carboxylic acids is 2. The van der Waals surface area contributed by atoms with Crippen LogP contribution in [0.4, 0.5) is 5.13 Å². The highest BCUT2D eigenvalue weighted by Gasteiger charge is 2.35. The molecule has 2 amide bonds. The van der Waals surface area contributed by atoms with E-state index in [1.165, 1.54) is 11.3 Å². The molecule has 0 radical (unpaired) electrons. The minimum atomic E-state index is -0.260. The summed E-state index contributed by atoms with van der Waals surface area (Å²) >= 11 is 1.40. The van der Waals surface area contributed by atoms with Gasteiger partial charge in [0.15, 0.2) is 5.13 Å². The van der Waals surface area contributed by atoms with Crippen molar-refractivity contribution >= 4 is 28.3 Å². The standard InChI is InChI=1S/C12H17N3O2S/c1-7(2)15-5-9(4-10(15)16)11(17)14-12-13-8(3)6-18-12/h6-7,9H,4-5H2,1-3H3,(H,13,14,17)/t9-/m0/s1. The van der Waals surface area contributed by atoms with Crippen LogP contribution in [0.5, 0.6) is 0 Å². The Morgan fingerprint density at radius 2 is 2.33 bits per heavy atom. The molecule has 5 nitrogen and oxygen atoms in total. The van der Waals surface area contributed by atoms with Gasteiger partial charge in [0, 0.05) is 24.4 Å². The highest BCUT2D eigenvalue weighted by Crippen LogP contribution is 2.22. The van der Waals surface area contributed by atoms with Crippen molar-refractivity contribution in [1.82, 2.24) is 9.88 Å². The van der Waals surface area contributed by atoms with Gasteiger partial charge in [0.05, 0.1) is 11.6 Å². The largest absolute Gasteiger partial charge is 0.339 e. The summed E-state index contributed by atoms with van der Waals surface area (Å²) < 4.78 is 0. The van der Waals surface area contributed by atoms with Crippen molar-refractivity contribution < 1.29 is 9.59 Å². The van der Waals surface area contributed by atoms with Crippen molar-refractivity contribution in [3.05, 3.63) is 11.1 Å². The Morgan fingerprint density at radius 1 is 1.61 bits per heavy atom. The van der Waals surface area contributed by atoms with Gasteiger partial charge in [-0.3, -0.25) is 9.59 Å². The van der Waals surface area contributed by atoms with Crippen LogP contribution in [0.25, 0.3) is 0 Å². The van der Waals surface area contributed by atoms with Crippen LogP contribution in [-0.2, 0) is 9.59 Å². The molecular formula is C12H17N3O2S. The van der Waals surface area contributed by atoms with E-state index < -0.39 is 0 Å². The van der Waals surface area contributed by atoms with E-state index in [-0.39, 0.29) is 23.8 Å². The average Bonchev–Trinajstić information content (AvgIpc) is 2.85. The lowest BCUT2D eigenvalue weighted by atomic mass is 10.1. The van der Waals surface area contributed by atoms with Gasteiger partial charge in [-0.25, -0.2) is 4.98 Å². The van der Waals surface area contributed by atoms with Crippen molar-refractivity contribution in [2.45, 2.75) is 33.2 Å². The maximum atomic E-state index is 12.0. The zero-order chi connectivity index (χ0) is 13.3. The van der Waals surface area contributed by atoms with E-state index in [2.05, 4.69) is 10.3 Å². The molecule has 18 heavy (non-hydrogen) atoms. The molecule has 1 aliphatic heterocycles. The Morgan fingerprint density at radius 3 is 2.83 bits per heavy atom. The Kier molecular flexibility index (Phi) is 3.65. The minimum absolute atomic E-state index is 0.0560. The summed E-state index contributed by atoms with van der Waals surface area (Å²) in [5.41, 5.74) is 0.890. The second-order valence-corrected chi connectivity index (χ2v) is 5.68. The number of likely N-dealkylation sites (tertiary alicyclic amines) is 1. The molecule has 1 aliphatic rings. The number of aromatic nitrogens is 1. The van der Waals surface area contributed by atoms with E-state index in [0.717, 1.165) is 5.69 Å². The van der Waals surface area contributed by atoms with Crippen LogP contribution >= 0.6 is 11.3 Å². The summed E-state index contributed by atoms with van der Waals surface area (Å²) in [6.07, 6.45) is 0.300. The molecule has 2 heterocycles.